The minimum atomic E-state index is -0.198. The van der Waals surface area contributed by atoms with E-state index in [1.54, 1.807) is 24.2 Å². The smallest absolute Gasteiger partial charge is 0.243 e. The lowest BCUT2D eigenvalue weighted by molar-refractivity contribution is 0.353. The van der Waals surface area contributed by atoms with Gasteiger partial charge in [0.15, 0.2) is 0 Å². The van der Waals surface area contributed by atoms with E-state index in [9.17, 15) is 0 Å². The molecule has 18 heavy (non-hydrogen) atoms. The van der Waals surface area contributed by atoms with Gasteiger partial charge in [0.2, 0.25) is 11.7 Å². The lowest BCUT2D eigenvalue weighted by Gasteiger charge is -2.03. The van der Waals surface area contributed by atoms with Crippen LogP contribution in [-0.2, 0) is 0 Å². The normalized spacial score (nSPS) is 12.6. The van der Waals surface area contributed by atoms with Gasteiger partial charge < -0.3 is 10.3 Å². The van der Waals surface area contributed by atoms with Gasteiger partial charge in [0.05, 0.1) is 6.04 Å². The number of pyridine rings is 1. The van der Waals surface area contributed by atoms with Gasteiger partial charge in [-0.15, -0.1) is 0 Å². The van der Waals surface area contributed by atoms with Crippen molar-refractivity contribution in [3.8, 4) is 11.4 Å². The van der Waals surface area contributed by atoms with Gasteiger partial charge in [0.25, 0.3) is 0 Å². The van der Waals surface area contributed by atoms with E-state index in [0.717, 1.165) is 23.3 Å². The number of nitrogens with two attached hydrogens (primary N) is 1. The zero-order valence-corrected chi connectivity index (χ0v) is 11.3. The molecule has 0 saturated carbocycles. The van der Waals surface area contributed by atoms with Gasteiger partial charge in [-0.2, -0.15) is 16.7 Å². The van der Waals surface area contributed by atoms with Gasteiger partial charge in [-0.05, 0) is 37.0 Å². The molecule has 0 aliphatic carbocycles. The molecule has 2 rings (SSSR count). The first-order valence-corrected chi connectivity index (χ1v) is 7.11. The van der Waals surface area contributed by atoms with Crippen LogP contribution in [0.3, 0.4) is 0 Å². The van der Waals surface area contributed by atoms with Crippen LogP contribution in [0.5, 0.6) is 0 Å². The van der Waals surface area contributed by atoms with Gasteiger partial charge in [-0.1, -0.05) is 5.16 Å². The Kier molecular flexibility index (Phi) is 4.33. The highest BCUT2D eigenvalue weighted by atomic mass is 32.2. The van der Waals surface area contributed by atoms with E-state index in [2.05, 4.69) is 15.1 Å². The molecule has 0 aliphatic heterocycles. The quantitative estimate of drug-likeness (QED) is 0.892. The molecule has 0 aliphatic rings. The molecule has 0 amide bonds. The molecular weight excluding hydrogens is 248 g/mol. The molecule has 5 nitrogen and oxygen atoms in total. The molecule has 2 aromatic rings. The topological polar surface area (TPSA) is 77.8 Å². The van der Waals surface area contributed by atoms with E-state index < -0.39 is 0 Å². The van der Waals surface area contributed by atoms with Crippen LogP contribution in [0.15, 0.2) is 23.0 Å². The van der Waals surface area contributed by atoms with E-state index >= 15 is 0 Å². The summed E-state index contributed by atoms with van der Waals surface area (Å²) in [6, 6.07) is 1.72. The summed E-state index contributed by atoms with van der Waals surface area (Å²) in [5.41, 5.74) is 7.93. The number of thioether (sulfide) groups is 1. The number of aromatic nitrogens is 3. The van der Waals surface area contributed by atoms with E-state index in [-0.39, 0.29) is 6.04 Å². The first-order valence-electron chi connectivity index (χ1n) is 5.71. The molecule has 1 atom stereocenters. The van der Waals surface area contributed by atoms with Crippen molar-refractivity contribution < 1.29 is 4.52 Å². The standard InChI is InChI=1S/C12H16N4OS/c1-8-3-5-14-7-9(8)11-15-12(17-16-11)10(13)4-6-18-2/h3,5,7,10H,4,6,13H2,1-2H3/t10-/m0/s1. The second-order valence-corrected chi connectivity index (χ2v) is 5.02. The highest BCUT2D eigenvalue weighted by molar-refractivity contribution is 7.98. The highest BCUT2D eigenvalue weighted by Crippen LogP contribution is 2.21. The van der Waals surface area contributed by atoms with Crippen molar-refractivity contribution >= 4 is 11.8 Å². The van der Waals surface area contributed by atoms with Gasteiger partial charge in [-0.3, -0.25) is 4.98 Å². The Morgan fingerprint density at radius 2 is 2.33 bits per heavy atom. The fourth-order valence-corrected chi connectivity index (χ4v) is 2.05. The summed E-state index contributed by atoms with van der Waals surface area (Å²) in [6.45, 7) is 1.99. The average molecular weight is 264 g/mol. The predicted octanol–water partition coefficient (Wildman–Crippen LogP) is 2.19. The van der Waals surface area contributed by atoms with Crippen molar-refractivity contribution in [1.82, 2.24) is 15.1 Å². The number of hydrogen-bond donors (Lipinski definition) is 1. The van der Waals surface area contributed by atoms with Crippen LogP contribution in [0.25, 0.3) is 11.4 Å². The van der Waals surface area contributed by atoms with Crippen LogP contribution < -0.4 is 5.73 Å². The molecule has 0 spiro atoms. The van der Waals surface area contributed by atoms with Gasteiger partial charge in [-0.25, -0.2) is 0 Å². The maximum Gasteiger partial charge on any atom is 0.243 e. The molecule has 0 bridgehead atoms. The molecule has 0 aromatic carbocycles. The fraction of sp³-hybridized carbons (Fsp3) is 0.417. The van der Waals surface area contributed by atoms with Crippen molar-refractivity contribution in [1.29, 1.82) is 0 Å². The summed E-state index contributed by atoms with van der Waals surface area (Å²) in [4.78, 5) is 8.41. The average Bonchev–Trinajstić information content (AvgIpc) is 2.86. The zero-order valence-electron chi connectivity index (χ0n) is 10.5. The Labute approximate surface area is 110 Å². The number of rotatable bonds is 5. The summed E-state index contributed by atoms with van der Waals surface area (Å²) in [7, 11) is 0. The van der Waals surface area contributed by atoms with Crippen molar-refractivity contribution in [2.45, 2.75) is 19.4 Å². The van der Waals surface area contributed by atoms with Crippen molar-refractivity contribution in [3.05, 3.63) is 29.9 Å². The summed E-state index contributed by atoms with van der Waals surface area (Å²) in [5.74, 6) is 2.02. The minimum Gasteiger partial charge on any atom is -0.337 e. The van der Waals surface area contributed by atoms with Gasteiger partial charge in [0.1, 0.15) is 0 Å². The Balaban J connectivity index is 2.18. The van der Waals surface area contributed by atoms with Crippen molar-refractivity contribution in [3.63, 3.8) is 0 Å². The first-order chi connectivity index (χ1) is 8.72. The SMILES string of the molecule is CSCC[C@H](N)c1nc(-c2cnccc2C)no1. The predicted molar refractivity (Wildman–Crippen MR) is 72.2 cm³/mol. The third-order valence-electron chi connectivity index (χ3n) is 2.67. The first kappa shape index (κ1) is 13.0. The summed E-state index contributed by atoms with van der Waals surface area (Å²) in [5, 5.41) is 3.96. The highest BCUT2D eigenvalue weighted by Gasteiger charge is 2.16. The molecule has 2 aromatic heterocycles. The van der Waals surface area contributed by atoms with Gasteiger partial charge in [0, 0.05) is 18.0 Å². The van der Waals surface area contributed by atoms with Crippen LogP contribution in [0.2, 0.25) is 0 Å². The Morgan fingerprint density at radius 3 is 3.06 bits per heavy atom. The fourth-order valence-electron chi connectivity index (χ4n) is 1.56. The molecule has 2 heterocycles. The lowest BCUT2D eigenvalue weighted by Crippen LogP contribution is -2.11. The van der Waals surface area contributed by atoms with Crippen LogP contribution in [0.4, 0.5) is 0 Å². The van der Waals surface area contributed by atoms with Crippen molar-refractivity contribution in [2.24, 2.45) is 5.73 Å². The minimum absolute atomic E-state index is 0.198. The molecule has 0 radical (unpaired) electrons. The largest absolute Gasteiger partial charge is 0.337 e. The van der Waals surface area contributed by atoms with Crippen LogP contribution in [-0.4, -0.2) is 27.1 Å². The number of hydrogen-bond acceptors (Lipinski definition) is 6. The summed E-state index contributed by atoms with van der Waals surface area (Å²) in [6.07, 6.45) is 6.35. The third kappa shape index (κ3) is 2.88. The van der Waals surface area contributed by atoms with Crippen LogP contribution in [0, 0.1) is 6.92 Å². The maximum absolute atomic E-state index is 5.99. The molecule has 6 heteroatoms. The van der Waals surface area contributed by atoms with E-state index in [1.807, 2.05) is 19.2 Å². The molecule has 0 unspecified atom stereocenters. The van der Waals surface area contributed by atoms with Crippen LogP contribution in [0.1, 0.15) is 23.9 Å². The molecule has 2 N–H and O–H groups in total. The molecule has 96 valence electrons. The Bertz CT molecular complexity index is 514. The summed E-state index contributed by atoms with van der Waals surface area (Å²) >= 11 is 1.75. The van der Waals surface area contributed by atoms with Crippen molar-refractivity contribution in [2.75, 3.05) is 12.0 Å². The van der Waals surface area contributed by atoms with Crippen LogP contribution >= 0.6 is 11.8 Å². The lowest BCUT2D eigenvalue weighted by atomic mass is 10.1. The van der Waals surface area contributed by atoms with E-state index in [4.69, 9.17) is 10.3 Å². The molecular formula is C12H16N4OS. The Hall–Kier alpha value is -1.40. The third-order valence-corrected chi connectivity index (χ3v) is 3.32. The Morgan fingerprint density at radius 1 is 1.50 bits per heavy atom. The van der Waals surface area contributed by atoms with E-state index in [0.29, 0.717) is 11.7 Å². The second-order valence-electron chi connectivity index (χ2n) is 4.03. The summed E-state index contributed by atoms with van der Waals surface area (Å²) < 4.78 is 5.21. The van der Waals surface area contributed by atoms with E-state index in [1.165, 1.54) is 0 Å². The zero-order chi connectivity index (χ0) is 13.0. The monoisotopic (exact) mass is 264 g/mol. The molecule has 0 fully saturated rings. The number of nitrogens with zero attached hydrogens (tertiary/aromatic N) is 3. The molecule has 0 saturated heterocycles. The maximum atomic E-state index is 5.99. The number of aryl methyl sites for hydroxylation is 1. The second kappa shape index (κ2) is 5.97. The van der Waals surface area contributed by atoms with Gasteiger partial charge >= 0.3 is 0 Å².